The van der Waals surface area contributed by atoms with E-state index in [-0.39, 0.29) is 6.54 Å². The van der Waals surface area contributed by atoms with Gasteiger partial charge in [-0.15, -0.1) is 0 Å². The molecule has 1 heterocycles. The van der Waals surface area contributed by atoms with Crippen LogP contribution in [-0.4, -0.2) is 43.8 Å². The molecule has 1 saturated heterocycles. The largest absolute Gasteiger partial charge is 0.397 e. The van der Waals surface area contributed by atoms with Crippen molar-refractivity contribution < 1.29 is 13.2 Å². The SMILES string of the molecule is Nc1ccc(Br)cc1N1CCN(CCC(F)(F)F)CC1. The van der Waals surface area contributed by atoms with Crippen molar-refractivity contribution in [2.45, 2.75) is 12.6 Å². The van der Waals surface area contributed by atoms with Crippen LogP contribution in [0.4, 0.5) is 24.5 Å². The fourth-order valence-corrected chi connectivity index (χ4v) is 2.64. The Hall–Kier alpha value is -0.950. The average molecular weight is 352 g/mol. The van der Waals surface area contributed by atoms with Gasteiger partial charge in [0.25, 0.3) is 0 Å². The maximum Gasteiger partial charge on any atom is 0.390 e. The third-order valence-electron chi connectivity index (χ3n) is 3.42. The van der Waals surface area contributed by atoms with Crippen molar-refractivity contribution in [3.05, 3.63) is 22.7 Å². The Labute approximate surface area is 124 Å². The van der Waals surface area contributed by atoms with Crippen molar-refractivity contribution in [3.63, 3.8) is 0 Å². The number of nitrogens with two attached hydrogens (primary N) is 1. The molecule has 2 N–H and O–H groups in total. The minimum atomic E-state index is -4.08. The number of halogens is 4. The van der Waals surface area contributed by atoms with E-state index in [2.05, 4.69) is 20.8 Å². The van der Waals surface area contributed by atoms with Gasteiger partial charge in [0.1, 0.15) is 0 Å². The first-order valence-electron chi connectivity index (χ1n) is 6.44. The van der Waals surface area contributed by atoms with Crippen LogP contribution in [0.5, 0.6) is 0 Å². The Morgan fingerprint density at radius 2 is 1.80 bits per heavy atom. The van der Waals surface area contributed by atoms with Crippen LogP contribution < -0.4 is 10.6 Å². The minimum absolute atomic E-state index is 0.0747. The van der Waals surface area contributed by atoms with Crippen LogP contribution in [0, 0.1) is 0 Å². The molecule has 0 aliphatic carbocycles. The first-order valence-corrected chi connectivity index (χ1v) is 7.23. The molecule has 0 amide bonds. The fraction of sp³-hybridized carbons (Fsp3) is 0.538. The van der Waals surface area contributed by atoms with Crippen LogP contribution in [0.15, 0.2) is 22.7 Å². The summed E-state index contributed by atoms with van der Waals surface area (Å²) >= 11 is 3.40. The highest BCUT2D eigenvalue weighted by Crippen LogP contribution is 2.28. The van der Waals surface area contributed by atoms with Crippen LogP contribution in [0.1, 0.15) is 6.42 Å². The van der Waals surface area contributed by atoms with E-state index in [0.717, 1.165) is 10.2 Å². The van der Waals surface area contributed by atoms with Gasteiger partial charge >= 0.3 is 6.18 Å². The smallest absolute Gasteiger partial charge is 0.390 e. The Morgan fingerprint density at radius 1 is 1.15 bits per heavy atom. The first-order chi connectivity index (χ1) is 9.35. The van der Waals surface area contributed by atoms with Gasteiger partial charge in [-0.25, -0.2) is 0 Å². The van der Waals surface area contributed by atoms with Gasteiger partial charge in [-0.3, -0.25) is 4.90 Å². The Bertz CT molecular complexity index is 457. The summed E-state index contributed by atoms with van der Waals surface area (Å²) < 4.78 is 37.5. The van der Waals surface area contributed by atoms with Crippen molar-refractivity contribution in [3.8, 4) is 0 Å². The number of anilines is 2. The maximum atomic E-state index is 12.2. The molecule has 1 aliphatic rings. The lowest BCUT2D eigenvalue weighted by Crippen LogP contribution is -2.47. The maximum absolute atomic E-state index is 12.2. The highest BCUT2D eigenvalue weighted by Gasteiger charge is 2.28. The molecule has 7 heteroatoms. The number of piperazine rings is 1. The minimum Gasteiger partial charge on any atom is -0.397 e. The molecule has 112 valence electrons. The van der Waals surface area contributed by atoms with Gasteiger partial charge in [0.2, 0.25) is 0 Å². The summed E-state index contributed by atoms with van der Waals surface area (Å²) in [6, 6.07) is 5.65. The Morgan fingerprint density at radius 3 is 2.40 bits per heavy atom. The van der Waals surface area contributed by atoms with Gasteiger partial charge in [0, 0.05) is 37.2 Å². The number of rotatable bonds is 3. The topological polar surface area (TPSA) is 32.5 Å². The van der Waals surface area contributed by atoms with Crippen molar-refractivity contribution in [1.29, 1.82) is 0 Å². The summed E-state index contributed by atoms with van der Waals surface area (Å²) in [5.74, 6) is 0. The van der Waals surface area contributed by atoms with Crippen molar-refractivity contribution in [1.82, 2.24) is 4.90 Å². The molecule has 20 heavy (non-hydrogen) atoms. The Kier molecular flexibility index (Phi) is 4.80. The second-order valence-corrected chi connectivity index (χ2v) is 5.81. The van der Waals surface area contributed by atoms with Gasteiger partial charge in [0.05, 0.1) is 17.8 Å². The molecule has 0 atom stereocenters. The van der Waals surface area contributed by atoms with E-state index in [1.165, 1.54) is 0 Å². The number of nitrogen functional groups attached to an aromatic ring is 1. The molecule has 2 rings (SSSR count). The lowest BCUT2D eigenvalue weighted by molar-refractivity contribution is -0.138. The Balaban J connectivity index is 1.89. The van der Waals surface area contributed by atoms with Gasteiger partial charge in [-0.2, -0.15) is 13.2 Å². The summed E-state index contributed by atoms with van der Waals surface area (Å²) in [5.41, 5.74) is 7.58. The van der Waals surface area contributed by atoms with Gasteiger partial charge in [0.15, 0.2) is 0 Å². The predicted octanol–water partition coefficient (Wildman–Crippen LogP) is 3.11. The normalized spacial score (nSPS) is 17.5. The summed E-state index contributed by atoms with van der Waals surface area (Å²) in [6.07, 6.45) is -4.82. The number of nitrogens with zero attached hydrogens (tertiary/aromatic N) is 2. The number of benzene rings is 1. The molecule has 3 nitrogen and oxygen atoms in total. The quantitative estimate of drug-likeness (QED) is 0.849. The molecule has 1 aliphatic heterocycles. The van der Waals surface area contributed by atoms with E-state index in [4.69, 9.17) is 5.73 Å². The summed E-state index contributed by atoms with van der Waals surface area (Å²) in [5, 5.41) is 0. The first kappa shape index (κ1) is 15.4. The van der Waals surface area contributed by atoms with Crippen LogP contribution >= 0.6 is 15.9 Å². The van der Waals surface area contributed by atoms with Gasteiger partial charge < -0.3 is 10.6 Å². The number of alkyl halides is 3. The summed E-state index contributed by atoms with van der Waals surface area (Å²) in [7, 11) is 0. The van der Waals surface area contributed by atoms with Crippen LogP contribution in [0.3, 0.4) is 0 Å². The molecule has 0 aromatic heterocycles. The van der Waals surface area contributed by atoms with Gasteiger partial charge in [-0.1, -0.05) is 15.9 Å². The summed E-state index contributed by atoms with van der Waals surface area (Å²) in [6.45, 7) is 2.71. The van der Waals surface area contributed by atoms with E-state index in [1.54, 1.807) is 0 Å². The molecule has 0 saturated carbocycles. The highest BCUT2D eigenvalue weighted by atomic mass is 79.9. The number of hydrogen-bond donors (Lipinski definition) is 1. The molecule has 1 aromatic carbocycles. The molecule has 0 radical (unpaired) electrons. The zero-order valence-electron chi connectivity index (χ0n) is 11.0. The highest BCUT2D eigenvalue weighted by molar-refractivity contribution is 9.10. The lowest BCUT2D eigenvalue weighted by atomic mass is 10.2. The predicted molar refractivity (Wildman–Crippen MR) is 77.9 cm³/mol. The van der Waals surface area contributed by atoms with E-state index in [0.29, 0.717) is 31.9 Å². The fourth-order valence-electron chi connectivity index (χ4n) is 2.29. The molecule has 0 spiro atoms. The lowest BCUT2D eigenvalue weighted by Gasteiger charge is -2.36. The third-order valence-corrected chi connectivity index (χ3v) is 3.91. The van der Waals surface area contributed by atoms with Crippen molar-refractivity contribution in [2.24, 2.45) is 0 Å². The van der Waals surface area contributed by atoms with Crippen LogP contribution in [-0.2, 0) is 0 Å². The third kappa shape index (κ3) is 4.28. The second-order valence-electron chi connectivity index (χ2n) is 4.90. The zero-order chi connectivity index (χ0) is 14.8. The monoisotopic (exact) mass is 351 g/mol. The van der Waals surface area contributed by atoms with Crippen LogP contribution in [0.25, 0.3) is 0 Å². The molecule has 0 unspecified atom stereocenters. The number of hydrogen-bond acceptors (Lipinski definition) is 3. The summed E-state index contributed by atoms with van der Waals surface area (Å²) in [4.78, 5) is 3.96. The van der Waals surface area contributed by atoms with E-state index < -0.39 is 12.6 Å². The molecule has 1 fully saturated rings. The molecule has 0 bridgehead atoms. The molecular formula is C13H17BrF3N3. The van der Waals surface area contributed by atoms with Crippen molar-refractivity contribution in [2.75, 3.05) is 43.4 Å². The van der Waals surface area contributed by atoms with E-state index in [9.17, 15) is 13.2 Å². The molecule has 1 aromatic rings. The van der Waals surface area contributed by atoms with E-state index >= 15 is 0 Å². The van der Waals surface area contributed by atoms with Crippen molar-refractivity contribution >= 4 is 27.3 Å². The second kappa shape index (κ2) is 6.22. The van der Waals surface area contributed by atoms with Crippen LogP contribution in [0.2, 0.25) is 0 Å². The van der Waals surface area contributed by atoms with Gasteiger partial charge in [-0.05, 0) is 18.2 Å². The zero-order valence-corrected chi connectivity index (χ0v) is 12.5. The standard InChI is InChI=1S/C13H17BrF3N3/c14-10-1-2-11(18)12(9-10)20-7-5-19(6-8-20)4-3-13(15,16)17/h1-2,9H,3-8,18H2. The molecular weight excluding hydrogens is 335 g/mol. The van der Waals surface area contributed by atoms with E-state index in [1.807, 2.05) is 23.1 Å². The average Bonchev–Trinajstić information content (AvgIpc) is 2.39.